The van der Waals surface area contributed by atoms with E-state index in [1.54, 1.807) is 0 Å². The van der Waals surface area contributed by atoms with Gasteiger partial charge in [-0.05, 0) is 65.2 Å². The highest BCUT2D eigenvalue weighted by molar-refractivity contribution is 5.78. The topological polar surface area (TPSA) is 63.2 Å². The molecule has 6 nitrogen and oxygen atoms in total. The maximum atomic E-state index is 13.5. The van der Waals surface area contributed by atoms with Crippen molar-refractivity contribution >= 4 is 5.97 Å². The van der Waals surface area contributed by atoms with Crippen LogP contribution in [0.25, 0.3) is 0 Å². The number of fused-ring (bicyclic) bond motifs is 1. The monoisotopic (exact) mass is 410 g/mol. The van der Waals surface area contributed by atoms with Gasteiger partial charge in [0.2, 0.25) is 0 Å². The molecule has 4 aliphatic rings. The Kier molecular flexibility index (Phi) is 5.33. The highest BCUT2D eigenvalue weighted by Gasteiger charge is 2.60. The van der Waals surface area contributed by atoms with E-state index in [2.05, 4.69) is 20.8 Å². The van der Waals surface area contributed by atoms with Gasteiger partial charge in [0.1, 0.15) is 12.2 Å². The molecule has 2 heterocycles. The lowest BCUT2D eigenvalue weighted by molar-refractivity contribution is -0.203. The Morgan fingerprint density at radius 3 is 2.28 bits per heavy atom. The summed E-state index contributed by atoms with van der Waals surface area (Å²) in [6.07, 6.45) is 2.80. The van der Waals surface area contributed by atoms with Crippen molar-refractivity contribution in [2.24, 2.45) is 23.2 Å². The number of esters is 1. The second-order valence-electron chi connectivity index (χ2n) is 11.0. The zero-order valence-corrected chi connectivity index (χ0v) is 19.0. The van der Waals surface area contributed by atoms with Gasteiger partial charge in [0, 0.05) is 5.92 Å². The van der Waals surface area contributed by atoms with Crippen molar-refractivity contribution < 1.29 is 28.5 Å². The van der Waals surface area contributed by atoms with Gasteiger partial charge in [-0.25, -0.2) is 0 Å². The quantitative estimate of drug-likeness (QED) is 0.637. The van der Waals surface area contributed by atoms with Gasteiger partial charge in [-0.2, -0.15) is 0 Å². The van der Waals surface area contributed by atoms with Crippen LogP contribution in [0.15, 0.2) is 0 Å². The van der Waals surface area contributed by atoms with Crippen LogP contribution >= 0.6 is 0 Å². The van der Waals surface area contributed by atoms with Crippen molar-refractivity contribution in [2.45, 2.75) is 110 Å². The van der Waals surface area contributed by atoms with E-state index in [4.69, 9.17) is 23.7 Å². The lowest BCUT2D eigenvalue weighted by Gasteiger charge is -2.47. The van der Waals surface area contributed by atoms with Crippen LogP contribution < -0.4 is 0 Å². The molecule has 7 atom stereocenters. The molecule has 0 aromatic heterocycles. The SMILES string of the molecule is CC(C)CC1(C(=O)OC2C(C3COC(C)(C)O3)CC3OC(C)(C)OC32)CCC1C. The van der Waals surface area contributed by atoms with Crippen LogP contribution in [0.3, 0.4) is 0 Å². The van der Waals surface area contributed by atoms with Crippen molar-refractivity contribution in [3.8, 4) is 0 Å². The van der Waals surface area contributed by atoms with Gasteiger partial charge in [-0.1, -0.05) is 20.8 Å². The number of rotatable bonds is 5. The zero-order valence-electron chi connectivity index (χ0n) is 19.0. The van der Waals surface area contributed by atoms with E-state index in [1.807, 2.05) is 27.7 Å². The Balaban J connectivity index is 1.55. The summed E-state index contributed by atoms with van der Waals surface area (Å²) in [6.45, 7) is 14.7. The van der Waals surface area contributed by atoms with Gasteiger partial charge in [0.25, 0.3) is 0 Å². The van der Waals surface area contributed by atoms with E-state index in [0.717, 1.165) is 25.7 Å². The highest BCUT2D eigenvalue weighted by atomic mass is 16.8. The molecule has 4 fully saturated rings. The maximum Gasteiger partial charge on any atom is 0.312 e. The number of hydrogen-bond donors (Lipinski definition) is 0. The summed E-state index contributed by atoms with van der Waals surface area (Å²) in [5.74, 6) is -0.508. The van der Waals surface area contributed by atoms with Gasteiger partial charge in [0.05, 0.1) is 24.2 Å². The Bertz CT molecular complexity index is 643. The molecule has 2 aliphatic heterocycles. The maximum absolute atomic E-state index is 13.5. The van der Waals surface area contributed by atoms with Crippen molar-refractivity contribution in [1.82, 2.24) is 0 Å². The summed E-state index contributed by atoms with van der Waals surface area (Å²) in [6, 6.07) is 0. The largest absolute Gasteiger partial charge is 0.459 e. The predicted molar refractivity (Wildman–Crippen MR) is 107 cm³/mol. The van der Waals surface area contributed by atoms with Crippen molar-refractivity contribution in [3.05, 3.63) is 0 Å². The summed E-state index contributed by atoms with van der Waals surface area (Å²) in [5, 5.41) is 0. The van der Waals surface area contributed by atoms with E-state index in [9.17, 15) is 4.79 Å². The van der Waals surface area contributed by atoms with Crippen LogP contribution in [-0.2, 0) is 28.5 Å². The fourth-order valence-corrected chi connectivity index (χ4v) is 5.85. The van der Waals surface area contributed by atoms with Crippen LogP contribution in [-0.4, -0.2) is 48.6 Å². The molecular weight excluding hydrogens is 372 g/mol. The smallest absolute Gasteiger partial charge is 0.312 e. The molecule has 2 aliphatic carbocycles. The fourth-order valence-electron chi connectivity index (χ4n) is 5.85. The third-order valence-electron chi connectivity index (χ3n) is 7.37. The Morgan fingerprint density at radius 2 is 1.76 bits per heavy atom. The molecule has 0 bridgehead atoms. The van der Waals surface area contributed by atoms with E-state index < -0.39 is 11.6 Å². The third-order valence-corrected chi connectivity index (χ3v) is 7.37. The van der Waals surface area contributed by atoms with Gasteiger partial charge < -0.3 is 23.7 Å². The molecule has 0 amide bonds. The first-order chi connectivity index (χ1) is 13.4. The summed E-state index contributed by atoms with van der Waals surface area (Å²) in [4.78, 5) is 13.5. The fraction of sp³-hybridized carbons (Fsp3) is 0.957. The molecule has 0 spiro atoms. The molecule has 29 heavy (non-hydrogen) atoms. The van der Waals surface area contributed by atoms with Crippen LogP contribution in [0.1, 0.15) is 74.1 Å². The molecular formula is C23H38O6. The van der Waals surface area contributed by atoms with Crippen LogP contribution in [0.5, 0.6) is 0 Å². The zero-order chi connectivity index (χ0) is 21.2. The third kappa shape index (κ3) is 3.86. The Labute approximate surface area is 174 Å². The number of hydrogen-bond acceptors (Lipinski definition) is 6. The molecule has 0 radical (unpaired) electrons. The van der Waals surface area contributed by atoms with Crippen molar-refractivity contribution in [3.63, 3.8) is 0 Å². The van der Waals surface area contributed by atoms with E-state index in [-0.39, 0.29) is 41.7 Å². The minimum absolute atomic E-state index is 0.0123. The molecule has 7 unspecified atom stereocenters. The van der Waals surface area contributed by atoms with Gasteiger partial charge in [0.15, 0.2) is 11.6 Å². The number of carbonyl (C=O) groups excluding carboxylic acids is 1. The first kappa shape index (κ1) is 21.5. The molecule has 2 saturated carbocycles. The van der Waals surface area contributed by atoms with Crippen LogP contribution in [0, 0.1) is 23.2 Å². The van der Waals surface area contributed by atoms with Crippen LogP contribution in [0.4, 0.5) is 0 Å². The molecule has 4 rings (SSSR count). The Morgan fingerprint density at radius 1 is 1.07 bits per heavy atom. The predicted octanol–water partition coefficient (Wildman–Crippen LogP) is 4.05. The first-order valence-corrected chi connectivity index (χ1v) is 11.3. The van der Waals surface area contributed by atoms with Crippen molar-refractivity contribution in [1.29, 1.82) is 0 Å². The molecule has 6 heteroatoms. The summed E-state index contributed by atoms with van der Waals surface area (Å²) in [5.41, 5.74) is -0.363. The highest BCUT2D eigenvalue weighted by Crippen LogP contribution is 2.53. The second kappa shape index (κ2) is 7.18. The molecule has 2 saturated heterocycles. The summed E-state index contributed by atoms with van der Waals surface area (Å²) < 4.78 is 30.6. The minimum atomic E-state index is -0.656. The lowest BCUT2D eigenvalue weighted by Crippen LogP contribution is -2.51. The lowest BCUT2D eigenvalue weighted by atomic mass is 9.57. The van der Waals surface area contributed by atoms with E-state index >= 15 is 0 Å². The number of carbonyl (C=O) groups is 1. The molecule has 0 aromatic carbocycles. The minimum Gasteiger partial charge on any atom is -0.459 e. The summed E-state index contributed by atoms with van der Waals surface area (Å²) >= 11 is 0. The average molecular weight is 411 g/mol. The van der Waals surface area contributed by atoms with Crippen molar-refractivity contribution in [2.75, 3.05) is 6.61 Å². The second-order valence-corrected chi connectivity index (χ2v) is 11.0. The van der Waals surface area contributed by atoms with Gasteiger partial charge in [-0.15, -0.1) is 0 Å². The van der Waals surface area contributed by atoms with Gasteiger partial charge in [-0.3, -0.25) is 4.79 Å². The Hall–Kier alpha value is -0.690. The average Bonchev–Trinajstić information content (AvgIpc) is 3.21. The van der Waals surface area contributed by atoms with E-state index in [1.165, 1.54) is 0 Å². The normalized spacial score (nSPS) is 45.2. The van der Waals surface area contributed by atoms with Gasteiger partial charge >= 0.3 is 5.97 Å². The first-order valence-electron chi connectivity index (χ1n) is 11.3. The summed E-state index contributed by atoms with van der Waals surface area (Å²) in [7, 11) is 0. The molecule has 0 aromatic rings. The molecule has 166 valence electrons. The standard InChI is InChI=1S/C23H38O6/c1-13(2)11-23(9-8-14(23)3)20(24)26-18-15(17-12-25-21(4,5)28-17)10-16-19(18)29-22(6,7)27-16/h13-19H,8-12H2,1-7H3. The van der Waals surface area contributed by atoms with E-state index in [0.29, 0.717) is 18.4 Å². The molecule has 0 N–H and O–H groups in total. The number of ether oxygens (including phenoxy) is 5. The van der Waals surface area contributed by atoms with Crippen LogP contribution in [0.2, 0.25) is 0 Å².